The van der Waals surface area contributed by atoms with Crippen molar-refractivity contribution >= 4 is 23.1 Å². The number of amides is 1. The van der Waals surface area contributed by atoms with Crippen molar-refractivity contribution in [3.05, 3.63) is 78.0 Å². The molecular formula is C20H19FN4O. The lowest BCUT2D eigenvalue weighted by Crippen LogP contribution is -2.20. The van der Waals surface area contributed by atoms with E-state index in [4.69, 9.17) is 0 Å². The fourth-order valence-electron chi connectivity index (χ4n) is 2.64. The van der Waals surface area contributed by atoms with Gasteiger partial charge in [-0.1, -0.05) is 24.3 Å². The monoisotopic (exact) mass is 350 g/mol. The van der Waals surface area contributed by atoms with E-state index in [0.29, 0.717) is 12.4 Å². The zero-order valence-corrected chi connectivity index (χ0v) is 14.6. The minimum Gasteiger partial charge on any atom is -0.327 e. The normalized spacial score (nSPS) is 10.4. The first-order valence-corrected chi connectivity index (χ1v) is 8.30. The van der Waals surface area contributed by atoms with E-state index in [1.807, 2.05) is 43.0 Å². The van der Waals surface area contributed by atoms with E-state index in [1.165, 1.54) is 18.5 Å². The number of carbonyl (C=O) groups excluding carboxylic acids is 1. The van der Waals surface area contributed by atoms with Crippen molar-refractivity contribution in [2.24, 2.45) is 0 Å². The number of carbonyl (C=O) groups is 1. The molecule has 3 aromatic rings. The molecule has 1 amide bonds. The second-order valence-corrected chi connectivity index (χ2v) is 5.78. The zero-order chi connectivity index (χ0) is 18.5. The third kappa shape index (κ3) is 3.85. The summed E-state index contributed by atoms with van der Waals surface area (Å²) in [6, 6.07) is 15.6. The molecule has 132 valence electrons. The molecule has 0 fully saturated rings. The summed E-state index contributed by atoms with van der Waals surface area (Å²) in [5, 5.41) is 2.54. The first-order valence-electron chi connectivity index (χ1n) is 8.30. The molecule has 0 bridgehead atoms. The summed E-state index contributed by atoms with van der Waals surface area (Å²) in [7, 11) is 0. The Hall–Kier alpha value is -3.28. The molecule has 0 unspecified atom stereocenters. The van der Waals surface area contributed by atoms with Crippen LogP contribution in [0.5, 0.6) is 0 Å². The molecule has 26 heavy (non-hydrogen) atoms. The van der Waals surface area contributed by atoms with Gasteiger partial charge in [-0.3, -0.25) is 4.79 Å². The van der Waals surface area contributed by atoms with Gasteiger partial charge in [0.05, 0.1) is 5.69 Å². The molecule has 0 radical (unpaired) electrons. The van der Waals surface area contributed by atoms with E-state index < -0.39 is 11.7 Å². The standard InChI is InChI=1S/C20H19FN4O/c1-3-25(15-8-6-7-14(2)11-15)19-12-18(22-13-23-19)20(26)24-17-10-5-4-9-16(17)21/h4-13H,3H2,1-2H3,(H,24,26). The lowest BCUT2D eigenvalue weighted by molar-refractivity contribution is 0.102. The van der Waals surface area contributed by atoms with E-state index in [9.17, 15) is 9.18 Å². The van der Waals surface area contributed by atoms with Crippen LogP contribution in [0.1, 0.15) is 23.0 Å². The molecule has 0 saturated carbocycles. The van der Waals surface area contributed by atoms with Gasteiger partial charge in [0.1, 0.15) is 23.7 Å². The molecule has 6 heteroatoms. The molecule has 0 aliphatic rings. The average Bonchev–Trinajstić information content (AvgIpc) is 2.64. The van der Waals surface area contributed by atoms with E-state index in [0.717, 1.165) is 11.3 Å². The van der Waals surface area contributed by atoms with Crippen molar-refractivity contribution in [1.29, 1.82) is 0 Å². The highest BCUT2D eigenvalue weighted by atomic mass is 19.1. The van der Waals surface area contributed by atoms with E-state index in [2.05, 4.69) is 15.3 Å². The van der Waals surface area contributed by atoms with Gasteiger partial charge in [0.2, 0.25) is 0 Å². The molecule has 5 nitrogen and oxygen atoms in total. The summed E-state index contributed by atoms with van der Waals surface area (Å²) in [4.78, 5) is 22.7. The average molecular weight is 350 g/mol. The van der Waals surface area contributed by atoms with Crippen molar-refractivity contribution in [3.8, 4) is 0 Å². The molecule has 0 aliphatic carbocycles. The molecule has 1 N–H and O–H groups in total. The van der Waals surface area contributed by atoms with Crippen LogP contribution in [-0.2, 0) is 0 Å². The van der Waals surface area contributed by atoms with Crippen molar-refractivity contribution in [1.82, 2.24) is 9.97 Å². The number of hydrogen-bond acceptors (Lipinski definition) is 4. The lowest BCUT2D eigenvalue weighted by atomic mass is 10.2. The molecule has 1 aromatic heterocycles. The van der Waals surface area contributed by atoms with Gasteiger partial charge in [-0.15, -0.1) is 0 Å². The minimum absolute atomic E-state index is 0.115. The number of aromatic nitrogens is 2. The highest BCUT2D eigenvalue weighted by Gasteiger charge is 2.15. The van der Waals surface area contributed by atoms with E-state index in [-0.39, 0.29) is 11.4 Å². The van der Waals surface area contributed by atoms with Gasteiger partial charge in [-0.05, 0) is 43.7 Å². The van der Waals surface area contributed by atoms with Gasteiger partial charge in [-0.25, -0.2) is 14.4 Å². The van der Waals surface area contributed by atoms with Crippen molar-refractivity contribution < 1.29 is 9.18 Å². The van der Waals surface area contributed by atoms with Crippen molar-refractivity contribution in [2.75, 3.05) is 16.8 Å². The smallest absolute Gasteiger partial charge is 0.274 e. The summed E-state index contributed by atoms with van der Waals surface area (Å²) < 4.78 is 13.7. The van der Waals surface area contributed by atoms with Gasteiger partial charge in [0.25, 0.3) is 5.91 Å². The van der Waals surface area contributed by atoms with Gasteiger partial charge in [-0.2, -0.15) is 0 Å². The Kier molecular flexibility index (Phi) is 5.22. The maximum absolute atomic E-state index is 13.7. The van der Waals surface area contributed by atoms with Gasteiger partial charge >= 0.3 is 0 Å². The molecule has 1 heterocycles. The van der Waals surface area contributed by atoms with Crippen LogP contribution in [0.25, 0.3) is 0 Å². The Balaban J connectivity index is 1.87. The molecule has 0 spiro atoms. The number of nitrogens with one attached hydrogen (secondary N) is 1. The van der Waals surface area contributed by atoms with Crippen LogP contribution >= 0.6 is 0 Å². The second-order valence-electron chi connectivity index (χ2n) is 5.78. The molecule has 0 aliphatic heterocycles. The maximum atomic E-state index is 13.7. The van der Waals surface area contributed by atoms with Crippen LogP contribution in [0.15, 0.2) is 60.9 Å². The van der Waals surface area contributed by atoms with Crippen molar-refractivity contribution in [3.63, 3.8) is 0 Å². The highest BCUT2D eigenvalue weighted by molar-refractivity contribution is 6.03. The molecule has 0 saturated heterocycles. The summed E-state index contributed by atoms with van der Waals surface area (Å²) in [5.74, 6) is -0.379. The lowest BCUT2D eigenvalue weighted by Gasteiger charge is -2.22. The minimum atomic E-state index is -0.495. The molecule has 0 atom stereocenters. The van der Waals surface area contributed by atoms with E-state index >= 15 is 0 Å². The third-order valence-corrected chi connectivity index (χ3v) is 3.91. The quantitative estimate of drug-likeness (QED) is 0.744. The second kappa shape index (κ2) is 7.74. The SMILES string of the molecule is CCN(c1cccc(C)c1)c1cc(C(=O)Nc2ccccc2F)ncn1. The summed E-state index contributed by atoms with van der Waals surface area (Å²) >= 11 is 0. The number of aryl methyl sites for hydroxylation is 1. The Morgan fingerprint density at radius 3 is 2.65 bits per heavy atom. The highest BCUT2D eigenvalue weighted by Crippen LogP contribution is 2.24. The van der Waals surface area contributed by atoms with Gasteiger partial charge < -0.3 is 10.2 Å². The zero-order valence-electron chi connectivity index (χ0n) is 14.6. The van der Waals surface area contributed by atoms with Crippen LogP contribution in [0.2, 0.25) is 0 Å². The summed E-state index contributed by atoms with van der Waals surface area (Å²) in [6.45, 7) is 4.70. The number of halogens is 1. The van der Waals surface area contributed by atoms with Gasteiger partial charge in [0, 0.05) is 18.3 Å². The Labute approximate surface area is 151 Å². The first kappa shape index (κ1) is 17.5. The van der Waals surface area contributed by atoms with Crippen LogP contribution in [0.4, 0.5) is 21.6 Å². The van der Waals surface area contributed by atoms with Crippen LogP contribution in [-0.4, -0.2) is 22.4 Å². The van der Waals surface area contributed by atoms with Crippen LogP contribution in [0, 0.1) is 12.7 Å². The topological polar surface area (TPSA) is 58.1 Å². The molecule has 2 aromatic carbocycles. The maximum Gasteiger partial charge on any atom is 0.274 e. The van der Waals surface area contributed by atoms with Crippen LogP contribution < -0.4 is 10.2 Å². The fraction of sp³-hybridized carbons (Fsp3) is 0.150. The predicted molar refractivity (Wildman–Crippen MR) is 100 cm³/mol. The molecular weight excluding hydrogens is 331 g/mol. The van der Waals surface area contributed by atoms with Crippen LogP contribution in [0.3, 0.4) is 0 Å². The molecule has 3 rings (SSSR count). The fourth-order valence-corrected chi connectivity index (χ4v) is 2.64. The number of nitrogens with zero attached hydrogens (tertiary/aromatic N) is 3. The Bertz CT molecular complexity index is 929. The summed E-state index contributed by atoms with van der Waals surface area (Å²) in [6.07, 6.45) is 1.34. The number of para-hydroxylation sites is 1. The number of rotatable bonds is 5. The third-order valence-electron chi connectivity index (χ3n) is 3.91. The number of hydrogen-bond donors (Lipinski definition) is 1. The summed E-state index contributed by atoms with van der Waals surface area (Å²) in [5.41, 5.74) is 2.40. The van der Waals surface area contributed by atoms with Gasteiger partial charge in [0.15, 0.2) is 0 Å². The van der Waals surface area contributed by atoms with E-state index in [1.54, 1.807) is 18.2 Å². The number of benzene rings is 2. The Morgan fingerprint density at radius 2 is 1.92 bits per heavy atom. The predicted octanol–water partition coefficient (Wildman–Crippen LogP) is 4.33. The number of anilines is 3. The largest absolute Gasteiger partial charge is 0.327 e. The first-order chi connectivity index (χ1) is 12.6. The van der Waals surface area contributed by atoms with Crippen molar-refractivity contribution in [2.45, 2.75) is 13.8 Å². The Morgan fingerprint density at radius 1 is 1.12 bits per heavy atom.